The molecule has 3 N–H and O–H groups in total. The van der Waals surface area contributed by atoms with Crippen molar-refractivity contribution in [3.63, 3.8) is 0 Å². The van der Waals surface area contributed by atoms with Gasteiger partial charge in [-0.25, -0.2) is 0 Å². The van der Waals surface area contributed by atoms with Gasteiger partial charge in [-0.3, -0.25) is 4.90 Å². The first-order valence-corrected chi connectivity index (χ1v) is 7.39. The maximum atomic E-state index is 8.69. The van der Waals surface area contributed by atoms with E-state index in [1.54, 1.807) is 0 Å². The van der Waals surface area contributed by atoms with Crippen LogP contribution >= 0.6 is 0 Å². The first kappa shape index (κ1) is 13.7. The molecule has 2 rings (SSSR count). The topological polar surface area (TPSA) is 61.9 Å². The van der Waals surface area contributed by atoms with Crippen LogP contribution in [0.2, 0.25) is 0 Å². The Hall–Kier alpha value is -0.770. The Balaban J connectivity index is 1.87. The zero-order chi connectivity index (χ0) is 13.0. The van der Waals surface area contributed by atoms with Gasteiger partial charge in [0.1, 0.15) is 5.84 Å². The van der Waals surface area contributed by atoms with Gasteiger partial charge >= 0.3 is 0 Å². The van der Waals surface area contributed by atoms with Crippen molar-refractivity contribution in [2.75, 3.05) is 13.1 Å². The van der Waals surface area contributed by atoms with Crippen LogP contribution < -0.4 is 5.73 Å². The number of hydrogen-bond acceptors (Lipinski definition) is 3. The summed E-state index contributed by atoms with van der Waals surface area (Å²) in [5.41, 5.74) is 6.32. The molecule has 0 bridgehead atoms. The van der Waals surface area contributed by atoms with E-state index in [0.29, 0.717) is 23.7 Å². The second-order valence-electron chi connectivity index (χ2n) is 6.10. The highest BCUT2D eigenvalue weighted by Crippen LogP contribution is 2.46. The highest BCUT2D eigenvalue weighted by atomic mass is 16.4. The van der Waals surface area contributed by atoms with Crippen molar-refractivity contribution in [2.24, 2.45) is 16.3 Å². The van der Waals surface area contributed by atoms with Crippen LogP contribution in [0.3, 0.4) is 0 Å². The maximum Gasteiger partial charge on any atom is 0.140 e. The Morgan fingerprint density at radius 2 is 1.89 bits per heavy atom. The maximum absolute atomic E-state index is 8.69. The molecule has 1 atom stereocenters. The van der Waals surface area contributed by atoms with Gasteiger partial charge in [-0.15, -0.1) is 0 Å². The average molecular weight is 253 g/mol. The molecule has 0 radical (unpaired) electrons. The van der Waals surface area contributed by atoms with Crippen molar-refractivity contribution >= 4 is 5.84 Å². The molecule has 1 saturated carbocycles. The minimum absolute atomic E-state index is 0.364. The van der Waals surface area contributed by atoms with E-state index in [1.807, 2.05) is 0 Å². The Morgan fingerprint density at radius 3 is 2.39 bits per heavy atom. The molecule has 0 aromatic rings. The third-order valence-electron chi connectivity index (χ3n) is 5.08. The fourth-order valence-electron chi connectivity index (χ4n) is 3.80. The molecule has 0 aromatic carbocycles. The quantitative estimate of drug-likeness (QED) is 0.350. The lowest BCUT2D eigenvalue weighted by atomic mass is 9.76. The van der Waals surface area contributed by atoms with Gasteiger partial charge in [0.05, 0.1) is 0 Å². The Bertz CT molecular complexity index is 287. The molecule has 1 spiro atoms. The zero-order valence-corrected chi connectivity index (χ0v) is 11.6. The Labute approximate surface area is 110 Å². The number of nitrogens with two attached hydrogens (primary N) is 1. The van der Waals surface area contributed by atoms with Crippen LogP contribution in [-0.4, -0.2) is 35.1 Å². The summed E-state index contributed by atoms with van der Waals surface area (Å²) in [6, 6.07) is 0.444. The number of oxime groups is 1. The number of hydrogen-bond donors (Lipinski definition) is 2. The second kappa shape index (κ2) is 5.91. The van der Waals surface area contributed by atoms with Gasteiger partial charge in [-0.1, -0.05) is 24.9 Å². The predicted octanol–water partition coefficient (Wildman–Crippen LogP) is 2.56. The van der Waals surface area contributed by atoms with Gasteiger partial charge in [-0.2, -0.15) is 0 Å². The largest absolute Gasteiger partial charge is 0.409 e. The molecule has 1 aliphatic carbocycles. The molecular formula is C14H27N3O. The molecule has 2 aliphatic rings. The summed E-state index contributed by atoms with van der Waals surface area (Å²) in [5, 5.41) is 11.8. The summed E-state index contributed by atoms with van der Waals surface area (Å²) < 4.78 is 0. The lowest BCUT2D eigenvalue weighted by molar-refractivity contribution is 0.0761. The third-order valence-corrected chi connectivity index (χ3v) is 5.08. The standard InChI is InChI=1S/C14H27N3O/c1-2-12(11-13(15)16-18)17-9-7-14(8-10-17)5-3-4-6-14/h12,18H,2-11H2,1H3,(H2,15,16). The van der Waals surface area contributed by atoms with Crippen LogP contribution in [0, 0.1) is 5.41 Å². The highest BCUT2D eigenvalue weighted by Gasteiger charge is 2.38. The van der Waals surface area contributed by atoms with Crippen molar-refractivity contribution in [3.8, 4) is 0 Å². The lowest BCUT2D eigenvalue weighted by Gasteiger charge is -2.42. The molecule has 1 aliphatic heterocycles. The minimum atomic E-state index is 0.364. The van der Waals surface area contributed by atoms with Crippen LogP contribution in [0.15, 0.2) is 5.16 Å². The normalized spacial score (nSPS) is 26.6. The summed E-state index contributed by atoms with van der Waals surface area (Å²) in [5.74, 6) is 0.364. The smallest absolute Gasteiger partial charge is 0.140 e. The van der Waals surface area contributed by atoms with Gasteiger partial charge < -0.3 is 10.9 Å². The van der Waals surface area contributed by atoms with Gasteiger partial charge in [0.25, 0.3) is 0 Å². The van der Waals surface area contributed by atoms with E-state index in [0.717, 1.165) is 6.42 Å². The summed E-state index contributed by atoms with van der Waals surface area (Å²) in [6.07, 6.45) is 10.2. The van der Waals surface area contributed by atoms with Crippen molar-refractivity contribution in [1.29, 1.82) is 0 Å². The number of likely N-dealkylation sites (tertiary alicyclic amines) is 1. The molecule has 0 aromatic heterocycles. The summed E-state index contributed by atoms with van der Waals surface area (Å²) in [4.78, 5) is 2.54. The molecule has 1 saturated heterocycles. The molecule has 4 heteroatoms. The first-order chi connectivity index (χ1) is 8.69. The summed E-state index contributed by atoms with van der Waals surface area (Å²) >= 11 is 0. The first-order valence-electron chi connectivity index (χ1n) is 7.39. The van der Waals surface area contributed by atoms with Crippen LogP contribution in [0.5, 0.6) is 0 Å². The number of rotatable bonds is 4. The Morgan fingerprint density at radius 1 is 1.28 bits per heavy atom. The average Bonchev–Trinajstić information content (AvgIpc) is 2.85. The SMILES string of the molecule is CCC(CC(N)=NO)N1CCC2(CCCC2)CC1. The fraction of sp³-hybridized carbons (Fsp3) is 0.929. The number of amidine groups is 1. The van der Waals surface area contributed by atoms with E-state index in [9.17, 15) is 0 Å². The van der Waals surface area contributed by atoms with Crippen molar-refractivity contribution in [3.05, 3.63) is 0 Å². The molecule has 1 heterocycles. The van der Waals surface area contributed by atoms with Gasteiger partial charge in [0, 0.05) is 12.5 Å². The molecule has 18 heavy (non-hydrogen) atoms. The van der Waals surface area contributed by atoms with Crippen LogP contribution in [0.4, 0.5) is 0 Å². The molecule has 2 fully saturated rings. The van der Waals surface area contributed by atoms with E-state index in [-0.39, 0.29) is 0 Å². The molecule has 104 valence electrons. The molecule has 0 amide bonds. The number of piperidine rings is 1. The predicted molar refractivity (Wildman–Crippen MR) is 73.8 cm³/mol. The lowest BCUT2D eigenvalue weighted by Crippen LogP contribution is -2.45. The number of nitrogens with zero attached hydrogens (tertiary/aromatic N) is 2. The summed E-state index contributed by atoms with van der Waals surface area (Å²) in [7, 11) is 0. The van der Waals surface area contributed by atoms with Crippen LogP contribution in [0.1, 0.15) is 58.3 Å². The van der Waals surface area contributed by atoms with Gasteiger partial charge in [-0.05, 0) is 50.6 Å². The monoisotopic (exact) mass is 253 g/mol. The van der Waals surface area contributed by atoms with E-state index < -0.39 is 0 Å². The van der Waals surface area contributed by atoms with Crippen LogP contribution in [-0.2, 0) is 0 Å². The molecule has 1 unspecified atom stereocenters. The van der Waals surface area contributed by atoms with Gasteiger partial charge in [0.2, 0.25) is 0 Å². The van der Waals surface area contributed by atoms with Crippen molar-refractivity contribution in [1.82, 2.24) is 4.90 Å². The van der Waals surface area contributed by atoms with E-state index >= 15 is 0 Å². The fourth-order valence-corrected chi connectivity index (χ4v) is 3.80. The van der Waals surface area contributed by atoms with E-state index in [4.69, 9.17) is 10.9 Å². The van der Waals surface area contributed by atoms with E-state index in [1.165, 1.54) is 51.6 Å². The third kappa shape index (κ3) is 2.97. The second-order valence-corrected chi connectivity index (χ2v) is 6.10. The molecular weight excluding hydrogens is 226 g/mol. The summed E-state index contributed by atoms with van der Waals surface area (Å²) in [6.45, 7) is 4.57. The molecule has 4 nitrogen and oxygen atoms in total. The van der Waals surface area contributed by atoms with Crippen LogP contribution in [0.25, 0.3) is 0 Å². The van der Waals surface area contributed by atoms with Crippen molar-refractivity contribution < 1.29 is 5.21 Å². The van der Waals surface area contributed by atoms with Gasteiger partial charge in [0.15, 0.2) is 0 Å². The highest BCUT2D eigenvalue weighted by molar-refractivity contribution is 5.80. The van der Waals surface area contributed by atoms with E-state index in [2.05, 4.69) is 17.0 Å². The Kier molecular flexibility index (Phi) is 4.49. The zero-order valence-electron chi connectivity index (χ0n) is 11.6. The minimum Gasteiger partial charge on any atom is -0.409 e. The van der Waals surface area contributed by atoms with Crippen molar-refractivity contribution in [2.45, 2.75) is 64.3 Å².